The van der Waals surface area contributed by atoms with Crippen LogP contribution in [0.1, 0.15) is 174 Å². The molecule has 0 saturated heterocycles. The Morgan fingerprint density at radius 2 is 1.35 bits per heavy atom. The van der Waals surface area contributed by atoms with Crippen LogP contribution < -0.4 is 10.2 Å². The molecule has 0 bridgehead atoms. The Morgan fingerprint density at radius 1 is 0.789 bits per heavy atom. The van der Waals surface area contributed by atoms with Crippen molar-refractivity contribution in [2.75, 3.05) is 40.9 Å². The third-order valence-corrected chi connectivity index (χ3v) is 12.2. The smallest absolute Gasteiger partial charge is 0.268 e. The lowest BCUT2D eigenvalue weighted by molar-refractivity contribution is -0.870. The molecule has 1 amide bonds. The second-order valence-corrected chi connectivity index (χ2v) is 19.1. The number of aliphatic hydroxyl groups excluding tert-OH is 4. The molecule has 11 nitrogen and oxygen atoms in total. The SMILES string of the molecule is CCCCCCCCCCCCCCC/C=C/[C@@H](O)[C@H](COP(=O)([O-])OCC[N+](C)(C)C)NC(=O)CCCCCC[C@@H]1[C@@H](/C=C/[C@@H](O)CCCCC)[C@H](O)C[C@@H]1O. The fourth-order valence-corrected chi connectivity index (χ4v) is 8.27. The third kappa shape index (κ3) is 28.9. The van der Waals surface area contributed by atoms with Gasteiger partial charge in [-0.3, -0.25) is 9.36 Å². The fraction of sp³-hybridized carbons (Fsp3) is 0.889. The number of carbonyl (C=O) groups is 1. The predicted molar refractivity (Wildman–Crippen MR) is 230 cm³/mol. The number of amides is 1. The van der Waals surface area contributed by atoms with Gasteiger partial charge in [-0.15, -0.1) is 0 Å². The first kappa shape index (κ1) is 53.9. The number of quaternary nitrogens is 1. The van der Waals surface area contributed by atoms with Gasteiger partial charge in [0.25, 0.3) is 7.82 Å². The average Bonchev–Trinajstić information content (AvgIpc) is 3.42. The number of nitrogens with zero attached hydrogens (tertiary/aromatic N) is 1. The van der Waals surface area contributed by atoms with Crippen LogP contribution in [0.25, 0.3) is 0 Å². The second kappa shape index (κ2) is 32.6. The summed E-state index contributed by atoms with van der Waals surface area (Å²) >= 11 is 0. The highest BCUT2D eigenvalue weighted by Crippen LogP contribution is 2.39. The molecule has 57 heavy (non-hydrogen) atoms. The van der Waals surface area contributed by atoms with E-state index >= 15 is 0 Å². The van der Waals surface area contributed by atoms with Gasteiger partial charge in [0.05, 0.1) is 58.2 Å². The van der Waals surface area contributed by atoms with Crippen molar-refractivity contribution in [2.24, 2.45) is 11.8 Å². The van der Waals surface area contributed by atoms with E-state index in [0.29, 0.717) is 30.3 Å². The van der Waals surface area contributed by atoms with Gasteiger partial charge in [0.15, 0.2) is 0 Å². The zero-order chi connectivity index (χ0) is 42.4. The maximum Gasteiger partial charge on any atom is 0.268 e. The molecule has 12 heteroatoms. The number of unbranched alkanes of at least 4 members (excludes halogenated alkanes) is 18. The standard InChI is InChI=1S/C45H87N2O9P/c1-6-8-10-11-12-13-14-15-16-17-18-19-20-21-26-30-42(49)41(37-56-57(53,54)55-35-34-47(3,4)5)46-45(52)31-27-23-22-25-29-39-40(44(51)36-43(39)50)33-32-38(48)28-24-9-7-2/h26,30,32-33,38-44,48-51H,6-25,27-29,31,34-37H2,1-5H3,(H-,46,52,53,54)/b30-26+,33-32+/t38-,39+,40+,41-,42+,43-,44+/m0/s1. The number of likely N-dealkylation sites (N-methyl/N-ethyl adjacent to an activating group) is 1. The summed E-state index contributed by atoms with van der Waals surface area (Å²) in [7, 11) is 1.13. The molecule has 5 N–H and O–H groups in total. The van der Waals surface area contributed by atoms with Gasteiger partial charge in [-0.25, -0.2) is 0 Å². The number of hydrogen-bond acceptors (Lipinski definition) is 9. The number of aliphatic hydroxyl groups is 4. The van der Waals surface area contributed by atoms with E-state index in [9.17, 15) is 34.7 Å². The van der Waals surface area contributed by atoms with Crippen molar-refractivity contribution >= 4 is 13.7 Å². The molecule has 336 valence electrons. The quantitative estimate of drug-likeness (QED) is 0.0179. The highest BCUT2D eigenvalue weighted by atomic mass is 31.2. The minimum absolute atomic E-state index is 0.0389. The molecule has 0 heterocycles. The van der Waals surface area contributed by atoms with Crippen LogP contribution in [0.15, 0.2) is 24.3 Å². The van der Waals surface area contributed by atoms with Crippen molar-refractivity contribution in [3.8, 4) is 0 Å². The molecule has 1 aliphatic rings. The largest absolute Gasteiger partial charge is 0.756 e. The Labute approximate surface area is 348 Å². The molecule has 0 aromatic carbocycles. The first-order valence-electron chi connectivity index (χ1n) is 23.0. The molecular weight excluding hydrogens is 743 g/mol. The van der Waals surface area contributed by atoms with Crippen molar-refractivity contribution in [3.05, 3.63) is 24.3 Å². The normalized spacial score (nSPS) is 21.6. The van der Waals surface area contributed by atoms with Gasteiger partial charge in [0.1, 0.15) is 13.2 Å². The van der Waals surface area contributed by atoms with Gasteiger partial charge < -0.3 is 44.2 Å². The molecule has 1 rings (SSSR count). The molecule has 1 unspecified atom stereocenters. The molecule has 0 radical (unpaired) electrons. The van der Waals surface area contributed by atoms with Crippen LogP contribution in [0.5, 0.6) is 0 Å². The van der Waals surface area contributed by atoms with Gasteiger partial charge in [0, 0.05) is 18.8 Å². The highest BCUT2D eigenvalue weighted by Gasteiger charge is 2.39. The van der Waals surface area contributed by atoms with E-state index in [0.717, 1.165) is 64.2 Å². The lowest BCUT2D eigenvalue weighted by Crippen LogP contribution is -2.45. The van der Waals surface area contributed by atoms with Gasteiger partial charge >= 0.3 is 0 Å². The average molecular weight is 831 g/mol. The van der Waals surface area contributed by atoms with Crippen LogP contribution in [-0.2, 0) is 18.4 Å². The van der Waals surface area contributed by atoms with Crippen LogP contribution in [-0.4, -0.2) is 102 Å². The molecule has 0 spiro atoms. The van der Waals surface area contributed by atoms with Crippen LogP contribution in [0.3, 0.4) is 0 Å². The van der Waals surface area contributed by atoms with Gasteiger partial charge in [0.2, 0.25) is 5.91 Å². The number of carbonyl (C=O) groups excluding carboxylic acids is 1. The minimum atomic E-state index is -4.65. The molecule has 1 fully saturated rings. The Balaban J connectivity index is 2.52. The Morgan fingerprint density at radius 3 is 1.96 bits per heavy atom. The Kier molecular flexibility index (Phi) is 30.8. The molecule has 8 atom stereocenters. The highest BCUT2D eigenvalue weighted by molar-refractivity contribution is 7.45. The van der Waals surface area contributed by atoms with Crippen molar-refractivity contribution < 1.29 is 48.2 Å². The van der Waals surface area contributed by atoms with Crippen LogP contribution in [0.4, 0.5) is 0 Å². The number of nitrogens with one attached hydrogen (secondary N) is 1. The topological polar surface area (TPSA) is 169 Å². The van der Waals surface area contributed by atoms with Gasteiger partial charge in [-0.05, 0) is 38.0 Å². The lowest BCUT2D eigenvalue weighted by Gasteiger charge is -2.29. The third-order valence-electron chi connectivity index (χ3n) is 11.3. The van der Waals surface area contributed by atoms with Crippen molar-refractivity contribution in [1.29, 1.82) is 0 Å². The minimum Gasteiger partial charge on any atom is -0.756 e. The summed E-state index contributed by atoms with van der Waals surface area (Å²) in [6.07, 6.45) is 29.9. The van der Waals surface area contributed by atoms with Gasteiger partial charge in [-0.1, -0.05) is 154 Å². The van der Waals surface area contributed by atoms with E-state index in [1.807, 2.05) is 33.3 Å². The number of rotatable bonds is 37. The summed E-state index contributed by atoms with van der Waals surface area (Å²) in [6.45, 7) is 4.36. The summed E-state index contributed by atoms with van der Waals surface area (Å²) in [6, 6.07) is -0.963. The number of phosphoric ester groups is 1. The van der Waals surface area contributed by atoms with E-state index < -0.39 is 44.9 Å². The molecule has 0 aromatic heterocycles. The first-order valence-corrected chi connectivity index (χ1v) is 24.4. The van der Waals surface area contributed by atoms with Crippen molar-refractivity contribution in [1.82, 2.24) is 5.32 Å². The molecule has 0 aromatic rings. The summed E-state index contributed by atoms with van der Waals surface area (Å²) in [4.78, 5) is 25.5. The van der Waals surface area contributed by atoms with Crippen LogP contribution in [0, 0.1) is 11.8 Å². The van der Waals surface area contributed by atoms with E-state index in [2.05, 4.69) is 19.2 Å². The number of allylic oxidation sites excluding steroid dienone is 1. The second-order valence-electron chi connectivity index (χ2n) is 17.7. The molecule has 0 aliphatic heterocycles. The van der Waals surface area contributed by atoms with Crippen LogP contribution in [0.2, 0.25) is 0 Å². The van der Waals surface area contributed by atoms with Crippen molar-refractivity contribution in [3.63, 3.8) is 0 Å². The zero-order valence-electron chi connectivity index (χ0n) is 36.9. The molecule has 1 aliphatic carbocycles. The lowest BCUT2D eigenvalue weighted by atomic mass is 9.88. The number of hydrogen-bond donors (Lipinski definition) is 5. The Bertz CT molecular complexity index is 1100. The summed E-state index contributed by atoms with van der Waals surface area (Å²) in [5, 5.41) is 45.3. The first-order chi connectivity index (χ1) is 27.2. The van der Waals surface area contributed by atoms with Crippen molar-refractivity contribution in [2.45, 2.75) is 205 Å². The van der Waals surface area contributed by atoms with Crippen LogP contribution >= 0.6 is 7.82 Å². The Hall–Kier alpha value is -1.14. The predicted octanol–water partition coefficient (Wildman–Crippen LogP) is 8.27. The molecular formula is C45H87N2O9P. The zero-order valence-corrected chi connectivity index (χ0v) is 37.8. The number of phosphoric acid groups is 1. The monoisotopic (exact) mass is 831 g/mol. The van der Waals surface area contributed by atoms with E-state index in [4.69, 9.17) is 9.05 Å². The maximum absolute atomic E-state index is 13.0. The van der Waals surface area contributed by atoms with E-state index in [-0.39, 0.29) is 30.8 Å². The maximum atomic E-state index is 13.0. The van der Waals surface area contributed by atoms with Gasteiger partial charge in [-0.2, -0.15) is 0 Å². The van der Waals surface area contributed by atoms with E-state index in [1.54, 1.807) is 12.2 Å². The fourth-order valence-electron chi connectivity index (χ4n) is 7.54. The van der Waals surface area contributed by atoms with E-state index in [1.165, 1.54) is 70.6 Å². The summed E-state index contributed by atoms with van der Waals surface area (Å²) in [5.74, 6) is -0.555. The summed E-state index contributed by atoms with van der Waals surface area (Å²) in [5.41, 5.74) is 0. The molecule has 1 saturated carbocycles. The summed E-state index contributed by atoms with van der Waals surface area (Å²) < 4.78 is 23.2.